The summed E-state index contributed by atoms with van der Waals surface area (Å²) in [6.07, 6.45) is -0.318. The second-order valence-electron chi connectivity index (χ2n) is 3.81. The van der Waals surface area contributed by atoms with Crippen molar-refractivity contribution < 1.29 is 19.2 Å². The Labute approximate surface area is 107 Å². The number of hydrogen-bond acceptors (Lipinski definition) is 5. The molecule has 2 aliphatic rings. The van der Waals surface area contributed by atoms with Crippen molar-refractivity contribution in [2.24, 2.45) is 5.73 Å². The Kier molecular flexibility index (Phi) is 4.11. The minimum Gasteiger partial charge on any atom is -0.486 e. The highest BCUT2D eigenvalue weighted by atomic mass is 16.6. The number of benzene rings is 1. The molecule has 98 valence electrons. The van der Waals surface area contributed by atoms with Crippen LogP contribution in [0, 0.1) is 0 Å². The monoisotopic (exact) mass is 251 g/mol. The molecule has 3 rings (SSSR count). The molecular weight excluding hydrogens is 233 g/mol. The maximum absolute atomic E-state index is 9.71. The summed E-state index contributed by atoms with van der Waals surface area (Å²) in [6, 6.07) is 3.59. The lowest BCUT2D eigenvalue weighted by Crippen LogP contribution is -2.29. The first kappa shape index (κ1) is 13.2. The zero-order chi connectivity index (χ0) is 13.1. The Balaban J connectivity index is 0.000000574. The van der Waals surface area contributed by atoms with Gasteiger partial charge in [-0.05, 0) is 11.5 Å². The number of fused-ring (bicyclic) bond motifs is 3. The highest BCUT2D eigenvalue weighted by molar-refractivity contribution is 6.62. The fourth-order valence-electron chi connectivity index (χ4n) is 2.17. The van der Waals surface area contributed by atoms with Gasteiger partial charge in [0.05, 0.1) is 6.10 Å². The number of hydrogen-bond donors (Lipinski definition) is 2. The second kappa shape index (κ2) is 5.60. The highest BCUT2D eigenvalue weighted by Gasteiger charge is 2.38. The van der Waals surface area contributed by atoms with Crippen molar-refractivity contribution in [2.45, 2.75) is 20.0 Å². The van der Waals surface area contributed by atoms with Crippen LogP contribution in [0.25, 0.3) is 0 Å². The molecule has 0 bridgehead atoms. The average molecular weight is 251 g/mol. The molecule has 2 aliphatic heterocycles. The van der Waals surface area contributed by atoms with Crippen LogP contribution >= 0.6 is 0 Å². The van der Waals surface area contributed by atoms with Crippen LogP contribution in [0.3, 0.4) is 0 Å². The van der Waals surface area contributed by atoms with E-state index >= 15 is 0 Å². The summed E-state index contributed by atoms with van der Waals surface area (Å²) >= 11 is 0. The van der Waals surface area contributed by atoms with Crippen molar-refractivity contribution in [3.05, 3.63) is 17.7 Å². The molecule has 18 heavy (non-hydrogen) atoms. The van der Waals surface area contributed by atoms with Gasteiger partial charge in [-0.25, -0.2) is 0 Å². The third-order valence-electron chi connectivity index (χ3n) is 2.88. The first-order valence-corrected chi connectivity index (χ1v) is 6.27. The average Bonchev–Trinajstić information content (AvgIpc) is 2.78. The van der Waals surface area contributed by atoms with Crippen LogP contribution < -0.4 is 20.7 Å². The van der Waals surface area contributed by atoms with Gasteiger partial charge < -0.3 is 24.9 Å². The highest BCUT2D eigenvalue weighted by Crippen LogP contribution is 2.39. The normalized spacial score (nSPS) is 20.0. The molecule has 0 aromatic heterocycles. The molecule has 2 heterocycles. The van der Waals surface area contributed by atoms with Crippen LogP contribution in [0.1, 0.15) is 25.5 Å². The summed E-state index contributed by atoms with van der Waals surface area (Å²) in [5.41, 5.74) is 7.16. The first-order chi connectivity index (χ1) is 8.81. The van der Waals surface area contributed by atoms with E-state index in [1.807, 2.05) is 13.8 Å². The molecule has 1 unspecified atom stereocenters. The van der Waals surface area contributed by atoms with Gasteiger partial charge in [-0.3, -0.25) is 0 Å². The molecule has 0 saturated heterocycles. The molecule has 0 radical (unpaired) electrons. The summed E-state index contributed by atoms with van der Waals surface area (Å²) in [5.74, 6) is 1.36. The van der Waals surface area contributed by atoms with E-state index in [4.69, 9.17) is 19.9 Å². The minimum absolute atomic E-state index is 0.309. The predicted molar refractivity (Wildman–Crippen MR) is 69.3 cm³/mol. The van der Waals surface area contributed by atoms with Gasteiger partial charge in [-0.1, -0.05) is 19.9 Å². The van der Waals surface area contributed by atoms with Gasteiger partial charge in [0.2, 0.25) is 0 Å². The smallest absolute Gasteiger partial charge is 0.486 e. The number of nitrogens with two attached hydrogens (primary N) is 1. The van der Waals surface area contributed by atoms with Crippen LogP contribution in [-0.4, -0.2) is 31.9 Å². The lowest BCUT2D eigenvalue weighted by Gasteiger charge is -2.22. The van der Waals surface area contributed by atoms with Gasteiger partial charge in [0.15, 0.2) is 11.5 Å². The van der Waals surface area contributed by atoms with Gasteiger partial charge >= 0.3 is 7.12 Å². The minimum atomic E-state index is -0.917. The molecule has 6 heteroatoms. The van der Waals surface area contributed by atoms with Gasteiger partial charge in [0.25, 0.3) is 0 Å². The summed E-state index contributed by atoms with van der Waals surface area (Å²) < 4.78 is 16.4. The molecule has 0 aliphatic carbocycles. The van der Waals surface area contributed by atoms with Crippen molar-refractivity contribution >= 4 is 12.6 Å². The zero-order valence-electron chi connectivity index (χ0n) is 10.7. The van der Waals surface area contributed by atoms with Crippen molar-refractivity contribution in [1.29, 1.82) is 0 Å². The van der Waals surface area contributed by atoms with Crippen LogP contribution in [-0.2, 0) is 4.65 Å². The molecule has 0 fully saturated rings. The molecule has 0 saturated carbocycles. The third kappa shape index (κ3) is 2.07. The maximum Gasteiger partial charge on any atom is 0.492 e. The van der Waals surface area contributed by atoms with Crippen molar-refractivity contribution in [1.82, 2.24) is 0 Å². The van der Waals surface area contributed by atoms with E-state index in [0.29, 0.717) is 31.3 Å². The Hall–Kier alpha value is -1.24. The fourth-order valence-corrected chi connectivity index (χ4v) is 2.17. The van der Waals surface area contributed by atoms with E-state index in [-0.39, 0.29) is 6.10 Å². The molecular formula is C12H18BNO4. The molecule has 5 nitrogen and oxygen atoms in total. The lowest BCUT2D eigenvalue weighted by molar-refractivity contribution is 0.157. The van der Waals surface area contributed by atoms with Gasteiger partial charge in [-0.15, -0.1) is 0 Å². The van der Waals surface area contributed by atoms with Crippen LogP contribution in [0.4, 0.5) is 0 Å². The van der Waals surface area contributed by atoms with Crippen LogP contribution in [0.2, 0.25) is 0 Å². The summed E-state index contributed by atoms with van der Waals surface area (Å²) in [5, 5.41) is 9.71. The van der Waals surface area contributed by atoms with Crippen molar-refractivity contribution in [3.63, 3.8) is 0 Å². The molecule has 0 amide bonds. The topological polar surface area (TPSA) is 73.9 Å². The predicted octanol–water partition coefficient (Wildman–Crippen LogP) is 0.201. The van der Waals surface area contributed by atoms with E-state index in [1.54, 1.807) is 12.1 Å². The SMILES string of the molecule is CC.NCC1OB(O)c2ccc3c(c21)OCCO3. The van der Waals surface area contributed by atoms with Gasteiger partial charge in [0, 0.05) is 12.1 Å². The largest absolute Gasteiger partial charge is 0.492 e. The number of rotatable bonds is 1. The fraction of sp³-hybridized carbons (Fsp3) is 0.500. The maximum atomic E-state index is 9.71. The standard InChI is InChI=1S/C10H12BNO4.C2H6/c12-5-8-9-6(11(13)16-8)1-2-7-10(9)15-4-3-14-7;1-2/h1-2,8,13H,3-5,12H2;1-2H3. The Morgan fingerprint density at radius 2 is 2.06 bits per heavy atom. The Morgan fingerprint density at radius 3 is 2.78 bits per heavy atom. The van der Waals surface area contributed by atoms with E-state index in [9.17, 15) is 5.02 Å². The summed E-state index contributed by atoms with van der Waals surface area (Å²) in [4.78, 5) is 0. The summed E-state index contributed by atoms with van der Waals surface area (Å²) in [6.45, 7) is 5.36. The van der Waals surface area contributed by atoms with Gasteiger partial charge in [0.1, 0.15) is 13.2 Å². The molecule has 1 atom stereocenters. The molecule has 1 aromatic rings. The van der Waals surface area contributed by atoms with Crippen molar-refractivity contribution in [3.8, 4) is 11.5 Å². The van der Waals surface area contributed by atoms with E-state index in [1.165, 1.54) is 0 Å². The van der Waals surface area contributed by atoms with Crippen LogP contribution in [0.15, 0.2) is 12.1 Å². The molecule has 0 spiro atoms. The van der Waals surface area contributed by atoms with Gasteiger partial charge in [-0.2, -0.15) is 0 Å². The van der Waals surface area contributed by atoms with E-state index < -0.39 is 7.12 Å². The van der Waals surface area contributed by atoms with E-state index in [0.717, 1.165) is 11.0 Å². The quantitative estimate of drug-likeness (QED) is 0.697. The van der Waals surface area contributed by atoms with Crippen LogP contribution in [0.5, 0.6) is 11.5 Å². The first-order valence-electron chi connectivity index (χ1n) is 6.27. The lowest BCUT2D eigenvalue weighted by atomic mass is 9.79. The molecule has 1 aromatic carbocycles. The Morgan fingerprint density at radius 1 is 1.33 bits per heavy atom. The number of ether oxygens (including phenoxy) is 2. The zero-order valence-corrected chi connectivity index (χ0v) is 10.7. The summed E-state index contributed by atoms with van der Waals surface area (Å²) in [7, 11) is -0.917. The van der Waals surface area contributed by atoms with E-state index in [2.05, 4.69) is 0 Å². The van der Waals surface area contributed by atoms with Crippen molar-refractivity contribution in [2.75, 3.05) is 19.8 Å². The second-order valence-corrected chi connectivity index (χ2v) is 3.81. The molecule has 3 N–H and O–H groups in total. The third-order valence-corrected chi connectivity index (χ3v) is 2.88. The Bertz CT molecular complexity index is 427.